The predicted molar refractivity (Wildman–Crippen MR) is 104 cm³/mol. The third-order valence-electron chi connectivity index (χ3n) is 5.78. The average molecular weight is 373 g/mol. The van der Waals surface area contributed by atoms with Crippen molar-refractivity contribution in [3.8, 4) is 0 Å². The highest BCUT2D eigenvalue weighted by Gasteiger charge is 2.29. The Morgan fingerprint density at radius 2 is 1.89 bits per heavy atom. The van der Waals surface area contributed by atoms with E-state index in [1.54, 1.807) is 0 Å². The molecule has 1 aromatic carbocycles. The summed E-state index contributed by atoms with van der Waals surface area (Å²) in [5, 5.41) is 3.15. The largest absolute Gasteiger partial charge is 0.372 e. The molecule has 2 aliphatic rings. The van der Waals surface area contributed by atoms with Crippen LogP contribution >= 0.6 is 0 Å². The number of nitrogens with zero attached hydrogens (tertiary/aromatic N) is 2. The molecule has 1 atom stereocenters. The highest BCUT2D eigenvalue weighted by Crippen LogP contribution is 2.22. The molecule has 2 heterocycles. The van der Waals surface area contributed by atoms with Gasteiger partial charge in [0.15, 0.2) is 0 Å². The van der Waals surface area contributed by atoms with Crippen LogP contribution in [0.5, 0.6) is 0 Å². The molecule has 2 amide bonds. The molecule has 0 saturated carbocycles. The first-order valence-electron chi connectivity index (χ1n) is 9.98. The molecule has 0 aromatic heterocycles. The number of carbonyl (C=O) groups is 2. The molecule has 148 valence electrons. The molecule has 2 aliphatic heterocycles. The summed E-state index contributed by atoms with van der Waals surface area (Å²) < 4.78 is 5.19. The zero-order valence-electron chi connectivity index (χ0n) is 16.4. The number of piperidine rings is 1. The normalized spacial score (nSPS) is 21.0. The van der Waals surface area contributed by atoms with Crippen LogP contribution in [0.3, 0.4) is 0 Å². The maximum atomic E-state index is 12.6. The Labute approximate surface area is 161 Å². The van der Waals surface area contributed by atoms with Crippen molar-refractivity contribution in [2.24, 2.45) is 5.92 Å². The molecule has 0 bridgehead atoms. The van der Waals surface area contributed by atoms with Crippen LogP contribution in [0.15, 0.2) is 24.3 Å². The summed E-state index contributed by atoms with van der Waals surface area (Å²) in [6, 6.07) is 8.87. The number of benzene rings is 1. The van der Waals surface area contributed by atoms with Crippen LogP contribution in [-0.2, 0) is 27.3 Å². The van der Waals surface area contributed by atoms with Crippen LogP contribution in [0, 0.1) is 5.92 Å². The molecule has 1 aromatic rings. The summed E-state index contributed by atoms with van der Waals surface area (Å²) in [7, 11) is 2.12. The van der Waals surface area contributed by atoms with Gasteiger partial charge < -0.3 is 15.0 Å². The molecule has 1 saturated heterocycles. The quantitative estimate of drug-likeness (QED) is 0.820. The van der Waals surface area contributed by atoms with Gasteiger partial charge in [0.05, 0.1) is 0 Å². The molecule has 1 fully saturated rings. The average Bonchev–Trinajstić information content (AvgIpc) is 2.70. The van der Waals surface area contributed by atoms with Crippen molar-refractivity contribution in [3.05, 3.63) is 35.4 Å². The highest BCUT2D eigenvalue weighted by molar-refractivity contribution is 5.80. The van der Waals surface area contributed by atoms with Crippen molar-refractivity contribution in [1.29, 1.82) is 0 Å². The van der Waals surface area contributed by atoms with Gasteiger partial charge in [-0.2, -0.15) is 0 Å². The van der Waals surface area contributed by atoms with E-state index in [0.29, 0.717) is 32.3 Å². The molecule has 1 unspecified atom stereocenters. The Balaban J connectivity index is 1.43. The molecule has 27 heavy (non-hydrogen) atoms. The first-order valence-corrected chi connectivity index (χ1v) is 9.98. The van der Waals surface area contributed by atoms with Crippen molar-refractivity contribution in [1.82, 2.24) is 15.1 Å². The van der Waals surface area contributed by atoms with Crippen LogP contribution in [0.1, 0.15) is 30.9 Å². The van der Waals surface area contributed by atoms with Gasteiger partial charge in [-0.25, -0.2) is 0 Å². The summed E-state index contributed by atoms with van der Waals surface area (Å²) >= 11 is 0. The molecule has 6 nitrogen and oxygen atoms in total. The van der Waals surface area contributed by atoms with E-state index in [0.717, 1.165) is 25.8 Å². The summed E-state index contributed by atoms with van der Waals surface area (Å²) in [6.07, 6.45) is 2.43. The fraction of sp³-hybridized carbons (Fsp3) is 0.619. The zero-order valence-corrected chi connectivity index (χ0v) is 16.4. The number of carbonyl (C=O) groups excluding carboxylic acids is 2. The third kappa shape index (κ3) is 5.08. The standard InChI is InChI=1S/C21H31N3O3/c1-3-27-15-20(25)24-10-8-16(9-11-24)21(26)22-13-19-12-17-6-4-5-7-18(17)14-23(19)2/h4-7,16,19H,3,8-15H2,1-2H3,(H,22,26). The van der Waals surface area contributed by atoms with Crippen molar-refractivity contribution < 1.29 is 14.3 Å². The Morgan fingerprint density at radius 1 is 1.19 bits per heavy atom. The van der Waals surface area contributed by atoms with Crippen LogP contribution < -0.4 is 5.32 Å². The van der Waals surface area contributed by atoms with Crippen LogP contribution in [0.25, 0.3) is 0 Å². The zero-order chi connectivity index (χ0) is 19.2. The van der Waals surface area contributed by atoms with Crippen molar-refractivity contribution >= 4 is 11.8 Å². The first-order chi connectivity index (χ1) is 13.1. The second-order valence-corrected chi connectivity index (χ2v) is 7.58. The summed E-state index contributed by atoms with van der Waals surface area (Å²) in [6.45, 7) is 5.45. The number of nitrogens with one attached hydrogen (secondary N) is 1. The van der Waals surface area contributed by atoms with Crippen molar-refractivity contribution in [2.75, 3.05) is 39.9 Å². The summed E-state index contributed by atoms with van der Waals surface area (Å²) in [5.41, 5.74) is 2.77. The lowest BCUT2D eigenvalue weighted by atomic mass is 9.93. The van der Waals surface area contributed by atoms with Gasteiger partial charge in [-0.05, 0) is 44.4 Å². The van der Waals surface area contributed by atoms with E-state index in [4.69, 9.17) is 4.74 Å². The Bertz CT molecular complexity index is 656. The first kappa shape index (κ1) is 19.8. The second-order valence-electron chi connectivity index (χ2n) is 7.58. The van der Waals surface area contributed by atoms with Gasteiger partial charge in [-0.15, -0.1) is 0 Å². The summed E-state index contributed by atoms with van der Waals surface area (Å²) in [4.78, 5) is 28.7. The van der Waals surface area contributed by atoms with E-state index in [-0.39, 0.29) is 24.3 Å². The van der Waals surface area contributed by atoms with E-state index in [9.17, 15) is 9.59 Å². The molecule has 0 spiro atoms. The van der Waals surface area contributed by atoms with Crippen LogP contribution in [0.4, 0.5) is 0 Å². The SMILES string of the molecule is CCOCC(=O)N1CCC(C(=O)NCC2Cc3ccccc3CN2C)CC1. The smallest absolute Gasteiger partial charge is 0.248 e. The monoisotopic (exact) mass is 373 g/mol. The number of amides is 2. The maximum Gasteiger partial charge on any atom is 0.248 e. The minimum Gasteiger partial charge on any atom is -0.372 e. The maximum absolute atomic E-state index is 12.6. The highest BCUT2D eigenvalue weighted by atomic mass is 16.5. The lowest BCUT2D eigenvalue weighted by Gasteiger charge is -2.35. The predicted octanol–water partition coefficient (Wildman–Crippen LogP) is 1.43. The molecule has 0 radical (unpaired) electrons. The molecular weight excluding hydrogens is 342 g/mol. The van der Waals surface area contributed by atoms with Gasteiger partial charge in [-0.3, -0.25) is 14.5 Å². The minimum atomic E-state index is 0.00215. The number of likely N-dealkylation sites (N-methyl/N-ethyl adjacent to an activating group) is 1. The van der Waals surface area contributed by atoms with Crippen molar-refractivity contribution in [3.63, 3.8) is 0 Å². The number of hydrogen-bond donors (Lipinski definition) is 1. The molecule has 1 N–H and O–H groups in total. The van der Waals surface area contributed by atoms with E-state index in [2.05, 4.69) is 41.5 Å². The van der Waals surface area contributed by atoms with Gasteiger partial charge in [0.1, 0.15) is 6.61 Å². The Morgan fingerprint density at radius 3 is 2.59 bits per heavy atom. The van der Waals surface area contributed by atoms with E-state index >= 15 is 0 Å². The van der Waals surface area contributed by atoms with E-state index in [1.807, 2.05) is 11.8 Å². The number of rotatable bonds is 6. The molecular formula is C21H31N3O3. The number of ether oxygens (including phenoxy) is 1. The number of hydrogen-bond acceptors (Lipinski definition) is 4. The second kappa shape index (κ2) is 9.33. The number of fused-ring (bicyclic) bond motifs is 1. The summed E-state index contributed by atoms with van der Waals surface area (Å²) in [5.74, 6) is 0.152. The van der Waals surface area contributed by atoms with Crippen LogP contribution in [-0.4, -0.2) is 67.6 Å². The Hall–Kier alpha value is -1.92. The van der Waals surface area contributed by atoms with Gasteiger partial charge in [0.2, 0.25) is 11.8 Å². The topological polar surface area (TPSA) is 61.9 Å². The van der Waals surface area contributed by atoms with Crippen LogP contribution in [0.2, 0.25) is 0 Å². The van der Waals surface area contributed by atoms with Gasteiger partial charge in [0, 0.05) is 44.7 Å². The van der Waals surface area contributed by atoms with Gasteiger partial charge >= 0.3 is 0 Å². The lowest BCUT2D eigenvalue weighted by molar-refractivity contribution is -0.139. The van der Waals surface area contributed by atoms with E-state index < -0.39 is 0 Å². The fourth-order valence-corrected chi connectivity index (χ4v) is 3.98. The Kier molecular flexibility index (Phi) is 6.85. The molecule has 6 heteroatoms. The van der Waals surface area contributed by atoms with Gasteiger partial charge in [0.25, 0.3) is 0 Å². The minimum absolute atomic E-state index is 0.00215. The van der Waals surface area contributed by atoms with Gasteiger partial charge in [-0.1, -0.05) is 24.3 Å². The van der Waals surface area contributed by atoms with E-state index in [1.165, 1.54) is 11.1 Å². The lowest BCUT2D eigenvalue weighted by Crippen LogP contribution is -2.48. The third-order valence-corrected chi connectivity index (χ3v) is 5.78. The van der Waals surface area contributed by atoms with Crippen molar-refractivity contribution in [2.45, 2.75) is 38.8 Å². The molecule has 3 rings (SSSR count). The molecule has 0 aliphatic carbocycles. The number of likely N-dealkylation sites (tertiary alicyclic amines) is 1. The fourth-order valence-electron chi connectivity index (χ4n) is 3.98.